The zero-order valence-electron chi connectivity index (χ0n) is 23.8. The molecule has 42 heavy (non-hydrogen) atoms. The van der Waals surface area contributed by atoms with Gasteiger partial charge in [0, 0.05) is 10.8 Å². The zero-order chi connectivity index (χ0) is 29.4. The third-order valence-corrected chi connectivity index (χ3v) is 8.89. The van der Waals surface area contributed by atoms with E-state index in [9.17, 15) is 5.26 Å². The molecule has 3 heterocycles. The first kappa shape index (κ1) is 25.9. The fraction of sp³-hybridized carbons (Fsp3) is 0.167. The minimum atomic E-state index is -1.05. The number of fused-ring (bicyclic) bond motifs is 4. The molecule has 4 nitrogen and oxygen atoms in total. The molecule has 0 spiro atoms. The molecular formula is C36H28F2N4. The highest BCUT2D eigenvalue weighted by Gasteiger charge is 2.42. The first-order valence-corrected chi connectivity index (χ1v) is 13.9. The number of rotatable bonds is 2. The lowest BCUT2D eigenvalue weighted by molar-refractivity contribution is 0.513. The van der Waals surface area contributed by atoms with E-state index in [1.165, 1.54) is 0 Å². The lowest BCUT2D eigenvalue weighted by Crippen LogP contribution is -2.33. The van der Waals surface area contributed by atoms with Crippen LogP contribution < -0.4 is 9.80 Å². The predicted octanol–water partition coefficient (Wildman–Crippen LogP) is 9.45. The lowest BCUT2D eigenvalue weighted by atomic mass is 9.73. The van der Waals surface area contributed by atoms with Gasteiger partial charge in [-0.25, -0.2) is 0 Å². The Bertz CT molecular complexity index is 1720. The van der Waals surface area contributed by atoms with Crippen LogP contribution in [0.5, 0.6) is 0 Å². The summed E-state index contributed by atoms with van der Waals surface area (Å²) in [6.07, 6.45) is 0. The molecule has 1 aromatic heterocycles. The standard InChI is InChI=1S/C36H28F2N4/c1-35(2)23-13-5-9-17-27(23)41(28-18-10-6-14-24(28)35)31-22(21-39)32(34(38)40-33(31)37)42-29-19-11-7-15-25(29)36(3,4)26-16-8-12-20-30(26)42/h5-20H,1-4H3. The molecule has 0 saturated carbocycles. The van der Waals surface area contributed by atoms with Crippen LogP contribution in [0.1, 0.15) is 55.5 Å². The van der Waals surface area contributed by atoms with Gasteiger partial charge in [-0.05, 0) is 46.5 Å². The summed E-state index contributed by atoms with van der Waals surface area (Å²) >= 11 is 0. The Hall–Kier alpha value is -5.02. The molecule has 0 radical (unpaired) electrons. The Kier molecular flexibility index (Phi) is 5.55. The second kappa shape index (κ2) is 8.99. The molecule has 0 bridgehead atoms. The summed E-state index contributed by atoms with van der Waals surface area (Å²) in [5.41, 5.74) is 5.67. The van der Waals surface area contributed by atoms with Crippen molar-refractivity contribution < 1.29 is 8.78 Å². The quantitative estimate of drug-likeness (QED) is 0.204. The van der Waals surface area contributed by atoms with Gasteiger partial charge in [-0.3, -0.25) is 0 Å². The lowest BCUT2D eigenvalue weighted by Gasteiger charge is -2.43. The average Bonchev–Trinajstić information content (AvgIpc) is 2.99. The predicted molar refractivity (Wildman–Crippen MR) is 162 cm³/mol. The van der Waals surface area contributed by atoms with E-state index in [-0.39, 0.29) is 27.8 Å². The molecule has 0 N–H and O–H groups in total. The van der Waals surface area contributed by atoms with E-state index in [0.717, 1.165) is 45.0 Å². The molecule has 0 saturated heterocycles. The molecule has 0 amide bonds. The van der Waals surface area contributed by atoms with Gasteiger partial charge in [0.1, 0.15) is 23.0 Å². The zero-order valence-corrected chi connectivity index (χ0v) is 23.8. The molecule has 2 aliphatic heterocycles. The van der Waals surface area contributed by atoms with Crippen molar-refractivity contribution in [2.45, 2.75) is 38.5 Å². The molecular weight excluding hydrogens is 526 g/mol. The summed E-state index contributed by atoms with van der Waals surface area (Å²) in [6, 6.07) is 33.2. The minimum Gasteiger partial charge on any atom is -0.305 e. The number of hydrogen-bond acceptors (Lipinski definition) is 4. The maximum Gasteiger partial charge on any atom is 0.241 e. The fourth-order valence-corrected chi connectivity index (χ4v) is 6.84. The Balaban J connectivity index is 1.57. The van der Waals surface area contributed by atoms with Gasteiger partial charge >= 0.3 is 0 Å². The van der Waals surface area contributed by atoms with Gasteiger partial charge < -0.3 is 9.80 Å². The molecule has 6 heteroatoms. The van der Waals surface area contributed by atoms with E-state index >= 15 is 8.78 Å². The van der Waals surface area contributed by atoms with Crippen LogP contribution in [0.2, 0.25) is 0 Å². The van der Waals surface area contributed by atoms with E-state index in [0.29, 0.717) is 0 Å². The molecule has 0 aliphatic carbocycles. The summed E-state index contributed by atoms with van der Waals surface area (Å²) in [6.45, 7) is 8.50. The molecule has 0 fully saturated rings. The molecule has 7 rings (SSSR count). The summed E-state index contributed by atoms with van der Waals surface area (Å²) in [5, 5.41) is 10.7. The van der Waals surface area contributed by atoms with Crippen LogP contribution in [0.3, 0.4) is 0 Å². The van der Waals surface area contributed by atoms with E-state index in [1.807, 2.05) is 97.1 Å². The topological polar surface area (TPSA) is 43.2 Å². The summed E-state index contributed by atoms with van der Waals surface area (Å²) < 4.78 is 32.3. The third-order valence-electron chi connectivity index (χ3n) is 8.89. The van der Waals surface area contributed by atoms with E-state index < -0.39 is 11.9 Å². The van der Waals surface area contributed by atoms with Crippen LogP contribution in [0, 0.1) is 23.2 Å². The highest BCUT2D eigenvalue weighted by molar-refractivity contribution is 5.94. The van der Waals surface area contributed by atoms with Gasteiger partial charge in [0.15, 0.2) is 0 Å². The van der Waals surface area contributed by atoms with Crippen LogP contribution in [-0.2, 0) is 10.8 Å². The first-order chi connectivity index (χ1) is 20.2. The summed E-state index contributed by atoms with van der Waals surface area (Å²) in [7, 11) is 0. The number of benzene rings is 4. The van der Waals surface area contributed by atoms with Crippen LogP contribution in [0.15, 0.2) is 97.1 Å². The van der Waals surface area contributed by atoms with E-state index in [1.54, 1.807) is 9.80 Å². The Morgan fingerprint density at radius 1 is 0.548 bits per heavy atom. The number of anilines is 6. The highest BCUT2D eigenvalue weighted by Crippen LogP contribution is 2.56. The van der Waals surface area contributed by atoms with Crippen LogP contribution >= 0.6 is 0 Å². The van der Waals surface area contributed by atoms with Crippen molar-refractivity contribution >= 4 is 34.1 Å². The van der Waals surface area contributed by atoms with Crippen molar-refractivity contribution in [2.75, 3.05) is 9.80 Å². The monoisotopic (exact) mass is 554 g/mol. The van der Waals surface area contributed by atoms with Crippen molar-refractivity contribution in [1.82, 2.24) is 4.98 Å². The van der Waals surface area contributed by atoms with Gasteiger partial charge in [0.05, 0.1) is 22.7 Å². The SMILES string of the molecule is CC1(C)c2ccccc2N(c2c(F)nc(F)c(N3c4ccccc4C(C)(C)c4ccccc43)c2C#N)c2ccccc21. The Morgan fingerprint density at radius 2 is 0.833 bits per heavy atom. The van der Waals surface area contributed by atoms with Gasteiger partial charge in [0.2, 0.25) is 11.9 Å². The average molecular weight is 555 g/mol. The summed E-state index contributed by atoms with van der Waals surface area (Å²) in [4.78, 5) is 7.28. The number of hydrogen-bond donors (Lipinski definition) is 0. The van der Waals surface area contributed by atoms with Gasteiger partial charge in [0.25, 0.3) is 0 Å². The molecule has 0 atom stereocenters. The molecule has 0 unspecified atom stereocenters. The van der Waals surface area contributed by atoms with Crippen molar-refractivity contribution in [3.05, 3.63) is 137 Å². The van der Waals surface area contributed by atoms with Gasteiger partial charge in [-0.2, -0.15) is 19.0 Å². The number of nitrogens with zero attached hydrogens (tertiary/aromatic N) is 4. The summed E-state index contributed by atoms with van der Waals surface area (Å²) in [5.74, 6) is -2.09. The molecule has 5 aromatic rings. The molecule has 206 valence electrons. The second-order valence-electron chi connectivity index (χ2n) is 11.9. The number of aromatic nitrogens is 1. The third kappa shape index (κ3) is 3.40. The first-order valence-electron chi connectivity index (χ1n) is 13.9. The molecule has 4 aromatic carbocycles. The van der Waals surface area contributed by atoms with Gasteiger partial charge in [-0.15, -0.1) is 0 Å². The highest BCUT2D eigenvalue weighted by atomic mass is 19.1. The van der Waals surface area contributed by atoms with Crippen molar-refractivity contribution in [2.24, 2.45) is 0 Å². The normalized spacial score (nSPS) is 15.6. The molecule has 2 aliphatic rings. The number of halogens is 2. The second-order valence-corrected chi connectivity index (χ2v) is 11.9. The van der Waals surface area contributed by atoms with Crippen LogP contribution in [0.4, 0.5) is 42.9 Å². The van der Waals surface area contributed by atoms with E-state index in [2.05, 4.69) is 38.7 Å². The fourth-order valence-electron chi connectivity index (χ4n) is 6.84. The van der Waals surface area contributed by atoms with Crippen LogP contribution in [-0.4, -0.2) is 4.98 Å². The maximum atomic E-state index is 16.2. The Morgan fingerprint density at radius 3 is 1.12 bits per heavy atom. The van der Waals surface area contributed by atoms with E-state index in [4.69, 9.17) is 0 Å². The Labute approximate surface area is 244 Å². The van der Waals surface area contributed by atoms with Crippen LogP contribution in [0.25, 0.3) is 0 Å². The largest absolute Gasteiger partial charge is 0.305 e. The number of pyridine rings is 1. The van der Waals surface area contributed by atoms with Crippen molar-refractivity contribution in [3.63, 3.8) is 0 Å². The smallest absolute Gasteiger partial charge is 0.241 e. The maximum absolute atomic E-state index is 16.2. The number of para-hydroxylation sites is 4. The van der Waals surface area contributed by atoms with Crippen molar-refractivity contribution in [3.8, 4) is 6.07 Å². The van der Waals surface area contributed by atoms with Crippen molar-refractivity contribution in [1.29, 1.82) is 5.26 Å². The number of nitriles is 1. The minimum absolute atomic E-state index is 0.0795. The van der Waals surface area contributed by atoms with Gasteiger partial charge in [-0.1, -0.05) is 100 Å².